The molecular weight excluding hydrogens is 511 g/mol. The summed E-state index contributed by atoms with van der Waals surface area (Å²) in [6.07, 6.45) is 1.10. The van der Waals surface area contributed by atoms with Crippen molar-refractivity contribution in [2.45, 2.75) is 11.4 Å². The average Bonchev–Trinajstić information content (AvgIpc) is 2.88. The molecule has 0 spiro atoms. The Morgan fingerprint density at radius 1 is 1.30 bits per heavy atom. The van der Waals surface area contributed by atoms with Crippen molar-refractivity contribution in [3.63, 3.8) is 0 Å². The van der Waals surface area contributed by atoms with Crippen LogP contribution in [0.5, 0.6) is 11.6 Å². The van der Waals surface area contributed by atoms with Gasteiger partial charge in [0.15, 0.2) is 5.69 Å². The lowest BCUT2D eigenvalue weighted by Crippen LogP contribution is -2.18. The number of anilines is 1. The molecule has 2 aromatic carbocycles. The first-order chi connectivity index (χ1) is 14.5. The van der Waals surface area contributed by atoms with Gasteiger partial charge in [0.2, 0.25) is 17.3 Å². The minimum Gasteiger partial charge on any atom is -0.495 e. The van der Waals surface area contributed by atoms with Crippen molar-refractivity contribution in [1.82, 2.24) is 15.2 Å². The molecule has 10 heteroatoms. The average molecular weight is 526 g/mol. The number of nitrogens with one attached hydrogen (secondary N) is 1. The smallest absolute Gasteiger partial charge is 0.247 e. The summed E-state index contributed by atoms with van der Waals surface area (Å²) in [7, 11) is 1.54. The first-order valence-electron chi connectivity index (χ1n) is 8.74. The van der Waals surface area contributed by atoms with E-state index in [1.807, 2.05) is 18.2 Å². The molecule has 0 saturated carbocycles. The number of ether oxygens (including phenoxy) is 2. The summed E-state index contributed by atoms with van der Waals surface area (Å²) in [4.78, 5) is 4.57. The van der Waals surface area contributed by atoms with E-state index in [1.165, 1.54) is 11.8 Å². The summed E-state index contributed by atoms with van der Waals surface area (Å²) in [5.74, 6) is 1.45. The molecule has 2 heterocycles. The molecule has 1 aliphatic rings. The normalized spacial score (nSPS) is 14.6. The molecule has 0 amide bonds. The first-order valence-corrected chi connectivity index (χ1v) is 11.3. The van der Waals surface area contributed by atoms with Crippen molar-refractivity contribution in [2.24, 2.45) is 0 Å². The number of hydrogen-bond donors (Lipinski definition) is 1. The van der Waals surface area contributed by atoms with E-state index >= 15 is 0 Å². The monoisotopic (exact) mass is 524 g/mol. The Labute approximate surface area is 196 Å². The summed E-state index contributed by atoms with van der Waals surface area (Å²) >= 11 is 17.5. The fourth-order valence-corrected chi connectivity index (χ4v) is 4.46. The van der Waals surface area contributed by atoms with Crippen LogP contribution < -0.4 is 14.8 Å². The van der Waals surface area contributed by atoms with Gasteiger partial charge in [0.05, 0.1) is 17.7 Å². The van der Waals surface area contributed by atoms with Crippen LogP contribution in [0.25, 0.3) is 11.3 Å². The summed E-state index contributed by atoms with van der Waals surface area (Å²) in [6, 6.07) is 9.14. The van der Waals surface area contributed by atoms with Gasteiger partial charge in [0.25, 0.3) is 0 Å². The van der Waals surface area contributed by atoms with Gasteiger partial charge in [-0.15, -0.1) is 16.8 Å². The summed E-state index contributed by atoms with van der Waals surface area (Å²) in [5.41, 5.74) is 2.75. The molecule has 0 fully saturated rings. The van der Waals surface area contributed by atoms with Gasteiger partial charge in [-0.2, -0.15) is 4.98 Å². The zero-order chi connectivity index (χ0) is 21.3. The second kappa shape index (κ2) is 9.01. The van der Waals surface area contributed by atoms with Gasteiger partial charge in [-0.05, 0) is 30.3 Å². The molecule has 0 bridgehead atoms. The predicted octanol–water partition coefficient (Wildman–Crippen LogP) is 6.40. The van der Waals surface area contributed by atoms with Gasteiger partial charge in [0.1, 0.15) is 5.75 Å². The second-order valence-corrected chi connectivity index (χ2v) is 8.94. The van der Waals surface area contributed by atoms with E-state index in [0.717, 1.165) is 15.7 Å². The van der Waals surface area contributed by atoms with Crippen molar-refractivity contribution in [1.29, 1.82) is 0 Å². The van der Waals surface area contributed by atoms with Crippen LogP contribution in [-0.4, -0.2) is 28.0 Å². The van der Waals surface area contributed by atoms with Gasteiger partial charge in [-0.1, -0.05) is 57.0 Å². The number of halogens is 3. The van der Waals surface area contributed by atoms with Crippen LogP contribution >= 0.6 is 50.9 Å². The highest BCUT2D eigenvalue weighted by atomic mass is 79.9. The number of fused-ring (bicyclic) bond motifs is 3. The number of rotatable bonds is 5. The number of benzene rings is 2. The molecule has 6 nitrogen and oxygen atoms in total. The lowest BCUT2D eigenvalue weighted by Gasteiger charge is -2.22. The van der Waals surface area contributed by atoms with Crippen LogP contribution in [0.1, 0.15) is 11.8 Å². The van der Waals surface area contributed by atoms with Crippen molar-refractivity contribution in [3.8, 4) is 22.9 Å². The highest BCUT2D eigenvalue weighted by Gasteiger charge is 2.29. The molecule has 1 aliphatic heterocycles. The van der Waals surface area contributed by atoms with Gasteiger partial charge >= 0.3 is 0 Å². The maximum absolute atomic E-state index is 6.35. The second-order valence-electron chi connectivity index (χ2n) is 6.19. The molecule has 0 radical (unpaired) electrons. The maximum Gasteiger partial charge on any atom is 0.247 e. The minimum absolute atomic E-state index is 0.337. The summed E-state index contributed by atoms with van der Waals surface area (Å²) in [6.45, 7) is 3.72. The van der Waals surface area contributed by atoms with E-state index in [4.69, 9.17) is 32.7 Å². The van der Waals surface area contributed by atoms with Gasteiger partial charge < -0.3 is 14.8 Å². The summed E-state index contributed by atoms with van der Waals surface area (Å²) in [5, 5.41) is 13.3. The van der Waals surface area contributed by atoms with E-state index in [9.17, 15) is 0 Å². The molecule has 0 saturated heterocycles. The van der Waals surface area contributed by atoms with Crippen LogP contribution in [0.2, 0.25) is 10.0 Å². The maximum atomic E-state index is 6.35. The highest BCUT2D eigenvalue weighted by Crippen LogP contribution is 2.44. The first kappa shape index (κ1) is 21.2. The molecular formula is C20H15BrCl2N4O2S. The Balaban J connectivity index is 1.88. The number of methoxy groups -OCH3 is 1. The number of aromatic nitrogens is 3. The molecule has 4 rings (SSSR count). The SMILES string of the molecule is C=CCSc1nnc2c(n1)O[C@H](c1cc(Cl)cc(Cl)c1OC)Nc1ccc(Br)cc1-2. The minimum atomic E-state index is -0.675. The van der Waals surface area contributed by atoms with E-state index in [2.05, 4.69) is 43.0 Å². The van der Waals surface area contributed by atoms with Crippen molar-refractivity contribution >= 4 is 56.6 Å². The molecule has 1 atom stereocenters. The topological polar surface area (TPSA) is 69.2 Å². The molecule has 154 valence electrons. The predicted molar refractivity (Wildman–Crippen MR) is 124 cm³/mol. The van der Waals surface area contributed by atoms with E-state index in [1.54, 1.807) is 25.3 Å². The van der Waals surface area contributed by atoms with Crippen LogP contribution in [0.4, 0.5) is 5.69 Å². The van der Waals surface area contributed by atoms with Crippen LogP contribution in [0.3, 0.4) is 0 Å². The molecule has 3 aromatic rings. The fraction of sp³-hybridized carbons (Fsp3) is 0.150. The third-order valence-electron chi connectivity index (χ3n) is 4.24. The Hall–Kier alpha value is -2.00. The fourth-order valence-electron chi connectivity index (χ4n) is 3.00. The molecule has 30 heavy (non-hydrogen) atoms. The van der Waals surface area contributed by atoms with Gasteiger partial charge in [-0.3, -0.25) is 0 Å². The largest absolute Gasteiger partial charge is 0.495 e. The van der Waals surface area contributed by atoms with Crippen LogP contribution in [0.15, 0.2) is 52.6 Å². The standard InChI is InChI=1S/C20H15BrCl2N4O2S/c1-3-6-30-20-25-19-16(26-27-20)12-7-10(21)4-5-15(12)24-18(29-19)13-8-11(22)9-14(23)17(13)28-2/h3-5,7-9,18,24H,1,6H2,2H3/t18-/m1/s1. The zero-order valence-electron chi connectivity index (χ0n) is 15.7. The lowest BCUT2D eigenvalue weighted by molar-refractivity contribution is 0.220. The Kier molecular flexibility index (Phi) is 6.38. The molecule has 0 aliphatic carbocycles. The van der Waals surface area contributed by atoms with Crippen molar-refractivity contribution in [3.05, 3.63) is 63.1 Å². The van der Waals surface area contributed by atoms with Crippen LogP contribution in [-0.2, 0) is 0 Å². The van der Waals surface area contributed by atoms with E-state index < -0.39 is 6.23 Å². The van der Waals surface area contributed by atoms with Crippen molar-refractivity contribution in [2.75, 3.05) is 18.2 Å². The number of nitrogens with zero attached hydrogens (tertiary/aromatic N) is 3. The van der Waals surface area contributed by atoms with Crippen molar-refractivity contribution < 1.29 is 9.47 Å². The molecule has 1 aromatic heterocycles. The van der Waals surface area contributed by atoms with E-state index in [0.29, 0.717) is 43.8 Å². The number of thioether (sulfide) groups is 1. The zero-order valence-corrected chi connectivity index (χ0v) is 19.6. The Morgan fingerprint density at radius 3 is 2.90 bits per heavy atom. The number of hydrogen-bond acceptors (Lipinski definition) is 7. The Bertz CT molecular complexity index is 1130. The summed E-state index contributed by atoms with van der Waals surface area (Å²) < 4.78 is 12.7. The van der Waals surface area contributed by atoms with Gasteiger partial charge in [0, 0.05) is 26.5 Å². The Morgan fingerprint density at radius 2 is 2.13 bits per heavy atom. The van der Waals surface area contributed by atoms with Crippen LogP contribution in [0, 0.1) is 0 Å². The highest BCUT2D eigenvalue weighted by molar-refractivity contribution is 9.10. The lowest BCUT2D eigenvalue weighted by atomic mass is 10.1. The molecule has 0 unspecified atom stereocenters. The van der Waals surface area contributed by atoms with E-state index in [-0.39, 0.29) is 0 Å². The third-order valence-corrected chi connectivity index (χ3v) is 6.07. The van der Waals surface area contributed by atoms with Gasteiger partial charge in [-0.25, -0.2) is 0 Å². The molecule has 1 N–H and O–H groups in total. The third kappa shape index (κ3) is 4.23. The quantitative estimate of drug-likeness (QED) is 0.305.